The maximum atomic E-state index is 5.94. The fourth-order valence-electron chi connectivity index (χ4n) is 2.45. The molecule has 4 heteroatoms. The zero-order valence-electron chi connectivity index (χ0n) is 11.9. The molecule has 0 bridgehead atoms. The molecule has 21 heavy (non-hydrogen) atoms. The van der Waals surface area contributed by atoms with Crippen molar-refractivity contribution in [1.82, 2.24) is 0 Å². The van der Waals surface area contributed by atoms with Crippen LogP contribution in [0.2, 0.25) is 0 Å². The van der Waals surface area contributed by atoms with Crippen LogP contribution in [0.5, 0.6) is 5.75 Å². The predicted molar refractivity (Wildman–Crippen MR) is 84.6 cm³/mol. The molecule has 1 atom stereocenters. The maximum absolute atomic E-state index is 5.94. The average Bonchev–Trinajstić information content (AvgIpc) is 2.97. The summed E-state index contributed by atoms with van der Waals surface area (Å²) in [5.41, 5.74) is 8.84. The van der Waals surface area contributed by atoms with Gasteiger partial charge in [-0.3, -0.25) is 0 Å². The first-order chi connectivity index (χ1) is 10.3. The Labute approximate surface area is 123 Å². The molecule has 0 aliphatic rings. The number of methoxy groups -OCH3 is 1. The van der Waals surface area contributed by atoms with Crippen LogP contribution in [0.4, 0.5) is 5.69 Å². The van der Waals surface area contributed by atoms with Gasteiger partial charge < -0.3 is 20.2 Å². The number of furan rings is 1. The van der Waals surface area contributed by atoms with Crippen LogP contribution in [-0.4, -0.2) is 13.7 Å². The molecule has 0 spiro atoms. The lowest BCUT2D eigenvalue weighted by molar-refractivity contribution is 0.415. The van der Waals surface area contributed by atoms with Gasteiger partial charge in [0.25, 0.3) is 0 Å². The van der Waals surface area contributed by atoms with E-state index in [-0.39, 0.29) is 6.04 Å². The fraction of sp³-hybridized carbons (Fsp3) is 0.176. The Kier molecular flexibility index (Phi) is 3.79. The first-order valence-corrected chi connectivity index (χ1v) is 6.88. The molecule has 0 fully saturated rings. The maximum Gasteiger partial charge on any atom is 0.134 e. The molecular formula is C17H18N2O2. The van der Waals surface area contributed by atoms with Crippen molar-refractivity contribution < 1.29 is 9.15 Å². The molecule has 0 radical (unpaired) electrons. The van der Waals surface area contributed by atoms with Gasteiger partial charge in [0.2, 0.25) is 0 Å². The van der Waals surface area contributed by atoms with Crippen LogP contribution in [0.1, 0.15) is 11.6 Å². The van der Waals surface area contributed by atoms with E-state index < -0.39 is 0 Å². The number of rotatable bonds is 5. The molecule has 2 aromatic carbocycles. The topological polar surface area (TPSA) is 60.4 Å². The lowest BCUT2D eigenvalue weighted by Crippen LogP contribution is -2.20. The number of ether oxygens (including phenoxy) is 1. The third-order valence-corrected chi connectivity index (χ3v) is 3.53. The average molecular weight is 282 g/mol. The molecule has 1 heterocycles. The first kappa shape index (κ1) is 13.5. The quantitative estimate of drug-likeness (QED) is 0.751. The smallest absolute Gasteiger partial charge is 0.134 e. The van der Waals surface area contributed by atoms with Gasteiger partial charge in [-0.05, 0) is 18.2 Å². The van der Waals surface area contributed by atoms with Crippen molar-refractivity contribution in [2.24, 2.45) is 5.73 Å². The van der Waals surface area contributed by atoms with Crippen molar-refractivity contribution in [1.29, 1.82) is 0 Å². The lowest BCUT2D eigenvalue weighted by Gasteiger charge is -2.17. The highest BCUT2D eigenvalue weighted by atomic mass is 16.5. The Bertz CT molecular complexity index is 736. The molecule has 0 saturated carbocycles. The van der Waals surface area contributed by atoms with Gasteiger partial charge in [0.05, 0.1) is 19.4 Å². The minimum absolute atomic E-state index is 0.0132. The van der Waals surface area contributed by atoms with Gasteiger partial charge in [0.1, 0.15) is 11.3 Å². The van der Waals surface area contributed by atoms with E-state index in [1.165, 1.54) is 0 Å². The van der Waals surface area contributed by atoms with Crippen LogP contribution in [-0.2, 0) is 0 Å². The normalized spacial score (nSPS) is 12.3. The fourth-order valence-corrected chi connectivity index (χ4v) is 2.45. The third-order valence-electron chi connectivity index (χ3n) is 3.53. The number of benzene rings is 2. The van der Waals surface area contributed by atoms with E-state index in [4.69, 9.17) is 14.9 Å². The second-order valence-electron chi connectivity index (χ2n) is 4.85. The Balaban J connectivity index is 1.91. The van der Waals surface area contributed by atoms with Crippen LogP contribution >= 0.6 is 0 Å². The molecule has 1 aromatic heterocycles. The number of nitrogens with one attached hydrogen (secondary N) is 1. The van der Waals surface area contributed by atoms with Crippen molar-refractivity contribution in [2.45, 2.75) is 6.04 Å². The summed E-state index contributed by atoms with van der Waals surface area (Å²) in [5.74, 6) is 0.813. The number of anilines is 1. The first-order valence-electron chi connectivity index (χ1n) is 6.88. The van der Waals surface area contributed by atoms with Crippen LogP contribution in [0, 0.1) is 0 Å². The van der Waals surface area contributed by atoms with Crippen molar-refractivity contribution in [3.05, 3.63) is 60.4 Å². The predicted octanol–water partition coefficient (Wildman–Crippen LogP) is 3.55. The zero-order valence-corrected chi connectivity index (χ0v) is 11.9. The number of nitrogens with two attached hydrogens (primary N) is 1. The summed E-state index contributed by atoms with van der Waals surface area (Å²) in [5, 5.41) is 4.52. The highest BCUT2D eigenvalue weighted by Crippen LogP contribution is 2.29. The number of hydrogen-bond acceptors (Lipinski definition) is 4. The Morgan fingerprint density at radius 1 is 1.19 bits per heavy atom. The summed E-state index contributed by atoms with van der Waals surface area (Å²) >= 11 is 0. The minimum Gasteiger partial charge on any atom is -0.497 e. The van der Waals surface area contributed by atoms with E-state index in [9.17, 15) is 0 Å². The molecule has 0 saturated heterocycles. The number of fused-ring (bicyclic) bond motifs is 1. The van der Waals surface area contributed by atoms with Gasteiger partial charge in [-0.2, -0.15) is 0 Å². The molecule has 3 aromatic rings. The summed E-state index contributed by atoms with van der Waals surface area (Å²) in [6.07, 6.45) is 1.77. The van der Waals surface area contributed by atoms with Gasteiger partial charge in [-0.25, -0.2) is 0 Å². The molecule has 108 valence electrons. The van der Waals surface area contributed by atoms with E-state index >= 15 is 0 Å². The highest BCUT2D eigenvalue weighted by molar-refractivity contribution is 5.81. The molecule has 0 aliphatic carbocycles. The van der Waals surface area contributed by atoms with Gasteiger partial charge in [0, 0.05) is 29.2 Å². The van der Waals surface area contributed by atoms with E-state index in [0.29, 0.717) is 6.54 Å². The minimum atomic E-state index is -0.0132. The van der Waals surface area contributed by atoms with E-state index in [2.05, 4.69) is 5.32 Å². The summed E-state index contributed by atoms with van der Waals surface area (Å²) < 4.78 is 10.8. The van der Waals surface area contributed by atoms with Gasteiger partial charge in [0.15, 0.2) is 0 Å². The Morgan fingerprint density at radius 3 is 2.86 bits per heavy atom. The van der Waals surface area contributed by atoms with Crippen LogP contribution in [0.3, 0.4) is 0 Å². The van der Waals surface area contributed by atoms with Crippen molar-refractivity contribution in [3.63, 3.8) is 0 Å². The standard InChI is InChI=1S/C17H18N2O2/c1-20-13-6-4-5-12(9-13)19-16(10-18)15-11-21-17-8-3-2-7-14(15)17/h2-9,11,16,19H,10,18H2,1H3. The Morgan fingerprint density at radius 2 is 2.05 bits per heavy atom. The van der Waals surface area contributed by atoms with Gasteiger partial charge >= 0.3 is 0 Å². The Hall–Kier alpha value is -2.46. The summed E-state index contributed by atoms with van der Waals surface area (Å²) in [6, 6.07) is 15.8. The molecule has 1 unspecified atom stereocenters. The van der Waals surface area contributed by atoms with Crippen LogP contribution in [0.15, 0.2) is 59.2 Å². The van der Waals surface area contributed by atoms with Crippen LogP contribution in [0.25, 0.3) is 11.0 Å². The second-order valence-corrected chi connectivity index (χ2v) is 4.85. The van der Waals surface area contributed by atoms with E-state index in [1.807, 2.05) is 48.5 Å². The molecule has 3 rings (SSSR count). The van der Waals surface area contributed by atoms with E-state index in [0.717, 1.165) is 28.0 Å². The number of para-hydroxylation sites is 1. The summed E-state index contributed by atoms with van der Waals surface area (Å²) in [4.78, 5) is 0. The SMILES string of the molecule is COc1cccc(NC(CN)c2coc3ccccc23)c1. The van der Waals surface area contributed by atoms with Gasteiger partial charge in [-0.15, -0.1) is 0 Å². The molecular weight excluding hydrogens is 264 g/mol. The molecule has 4 nitrogen and oxygen atoms in total. The molecule has 0 amide bonds. The van der Waals surface area contributed by atoms with Crippen LogP contribution < -0.4 is 15.8 Å². The van der Waals surface area contributed by atoms with Crippen molar-refractivity contribution in [3.8, 4) is 5.75 Å². The lowest BCUT2D eigenvalue weighted by atomic mass is 10.1. The van der Waals surface area contributed by atoms with E-state index in [1.54, 1.807) is 13.4 Å². The molecule has 0 aliphatic heterocycles. The largest absolute Gasteiger partial charge is 0.497 e. The third kappa shape index (κ3) is 2.71. The summed E-state index contributed by atoms with van der Waals surface area (Å²) in [6.45, 7) is 0.473. The number of hydrogen-bond donors (Lipinski definition) is 2. The van der Waals surface area contributed by atoms with Crippen molar-refractivity contribution in [2.75, 3.05) is 19.0 Å². The monoisotopic (exact) mass is 282 g/mol. The molecule has 3 N–H and O–H groups in total. The highest BCUT2D eigenvalue weighted by Gasteiger charge is 2.15. The summed E-state index contributed by atoms with van der Waals surface area (Å²) in [7, 11) is 1.66. The van der Waals surface area contributed by atoms with Crippen molar-refractivity contribution >= 4 is 16.7 Å². The second kappa shape index (κ2) is 5.89. The van der Waals surface area contributed by atoms with Gasteiger partial charge in [-0.1, -0.05) is 24.3 Å². The zero-order chi connectivity index (χ0) is 14.7.